The normalized spacial score (nSPS) is 11.7. The smallest absolute Gasteiger partial charge is 0.187 e. The summed E-state index contributed by atoms with van der Waals surface area (Å²) in [5.74, 6) is 0. The maximum absolute atomic E-state index is 6.11. The van der Waals surface area contributed by atoms with Crippen molar-refractivity contribution >= 4 is 0 Å². The van der Waals surface area contributed by atoms with E-state index >= 15 is 0 Å². The van der Waals surface area contributed by atoms with Crippen molar-refractivity contribution in [2.45, 2.75) is 136 Å². The number of unbranched alkanes of at least 4 members (excludes halogenated alkanes) is 14. The average Bonchev–Trinajstić information content (AvgIpc) is 2.78. The Kier molecular flexibility index (Phi) is 26.9. The Hall–Kier alpha value is -0.580. The minimum absolute atomic E-state index is 0.00590. The van der Waals surface area contributed by atoms with Gasteiger partial charge in [-0.1, -0.05) is 90.9 Å². The SMILES string of the molecule is CCCCCCCCOC(CCCCCCC=COCOC)OCCCCCCCC. The fourth-order valence-electron chi connectivity index (χ4n) is 3.58. The highest BCUT2D eigenvalue weighted by Gasteiger charge is 2.09. The second-order valence-corrected chi connectivity index (χ2v) is 8.64. The van der Waals surface area contributed by atoms with Gasteiger partial charge in [0, 0.05) is 20.3 Å². The zero-order valence-corrected chi connectivity index (χ0v) is 21.2. The molecule has 0 unspecified atom stereocenters. The van der Waals surface area contributed by atoms with Gasteiger partial charge in [-0.15, -0.1) is 0 Å². The number of rotatable bonds is 26. The fourth-order valence-corrected chi connectivity index (χ4v) is 3.58. The molecule has 4 heteroatoms. The van der Waals surface area contributed by atoms with Crippen LogP contribution in [0.4, 0.5) is 0 Å². The Labute approximate surface area is 194 Å². The number of hydrogen-bond acceptors (Lipinski definition) is 4. The third kappa shape index (κ3) is 25.6. The van der Waals surface area contributed by atoms with Crippen LogP contribution in [0.15, 0.2) is 12.3 Å². The minimum atomic E-state index is -0.00590. The van der Waals surface area contributed by atoms with E-state index in [0.29, 0.717) is 6.79 Å². The first-order valence-electron chi connectivity index (χ1n) is 13.3. The molecule has 0 atom stereocenters. The number of hydrogen-bond donors (Lipinski definition) is 0. The van der Waals surface area contributed by atoms with E-state index in [1.54, 1.807) is 13.4 Å². The van der Waals surface area contributed by atoms with Crippen LogP contribution in [-0.4, -0.2) is 33.4 Å². The Morgan fingerprint density at radius 3 is 1.71 bits per heavy atom. The van der Waals surface area contributed by atoms with E-state index in [0.717, 1.165) is 38.9 Å². The molecule has 186 valence electrons. The van der Waals surface area contributed by atoms with Crippen LogP contribution in [0.2, 0.25) is 0 Å². The Morgan fingerprint density at radius 1 is 0.613 bits per heavy atom. The molecule has 0 aliphatic carbocycles. The monoisotopic (exact) mass is 442 g/mol. The van der Waals surface area contributed by atoms with E-state index in [4.69, 9.17) is 18.9 Å². The van der Waals surface area contributed by atoms with Crippen LogP contribution in [0.1, 0.15) is 129 Å². The summed E-state index contributed by atoms with van der Waals surface area (Å²) in [6, 6.07) is 0. The van der Waals surface area contributed by atoms with Gasteiger partial charge >= 0.3 is 0 Å². The lowest BCUT2D eigenvalue weighted by molar-refractivity contribution is -0.148. The van der Waals surface area contributed by atoms with Crippen molar-refractivity contribution in [3.05, 3.63) is 12.3 Å². The summed E-state index contributed by atoms with van der Waals surface area (Å²) in [7, 11) is 1.63. The molecule has 0 aliphatic rings. The summed E-state index contributed by atoms with van der Waals surface area (Å²) < 4.78 is 22.2. The van der Waals surface area contributed by atoms with Gasteiger partial charge in [-0.25, -0.2) is 0 Å². The fraction of sp³-hybridized carbons (Fsp3) is 0.926. The van der Waals surface area contributed by atoms with Crippen LogP contribution in [0.5, 0.6) is 0 Å². The molecule has 4 nitrogen and oxygen atoms in total. The molecule has 0 aromatic carbocycles. The van der Waals surface area contributed by atoms with Gasteiger partial charge in [0.25, 0.3) is 0 Å². The highest BCUT2D eigenvalue weighted by atomic mass is 16.7. The molecule has 0 radical (unpaired) electrons. The van der Waals surface area contributed by atoms with Gasteiger partial charge in [0.15, 0.2) is 13.1 Å². The van der Waals surface area contributed by atoms with E-state index in [1.165, 1.54) is 89.9 Å². The molecule has 0 aromatic rings. The van der Waals surface area contributed by atoms with Crippen LogP contribution >= 0.6 is 0 Å². The van der Waals surface area contributed by atoms with Crippen molar-refractivity contribution in [3.8, 4) is 0 Å². The van der Waals surface area contributed by atoms with E-state index in [9.17, 15) is 0 Å². The van der Waals surface area contributed by atoms with Gasteiger partial charge < -0.3 is 18.9 Å². The van der Waals surface area contributed by atoms with E-state index in [1.807, 2.05) is 0 Å². The maximum Gasteiger partial charge on any atom is 0.187 e. The molecule has 0 fully saturated rings. The predicted molar refractivity (Wildman–Crippen MR) is 132 cm³/mol. The van der Waals surface area contributed by atoms with Gasteiger partial charge in [-0.3, -0.25) is 0 Å². The van der Waals surface area contributed by atoms with Crippen molar-refractivity contribution < 1.29 is 18.9 Å². The number of methoxy groups -OCH3 is 1. The largest absolute Gasteiger partial charge is 0.476 e. The highest BCUT2D eigenvalue weighted by Crippen LogP contribution is 2.14. The summed E-state index contributed by atoms with van der Waals surface area (Å²) in [4.78, 5) is 0. The number of allylic oxidation sites excluding steroid dienone is 1. The molecule has 0 aliphatic heterocycles. The zero-order chi connectivity index (χ0) is 22.7. The summed E-state index contributed by atoms with van der Waals surface area (Å²) in [6.07, 6.45) is 26.4. The molecule has 0 bridgehead atoms. The van der Waals surface area contributed by atoms with Crippen molar-refractivity contribution in [3.63, 3.8) is 0 Å². The Bertz CT molecular complexity index is 328. The van der Waals surface area contributed by atoms with Crippen LogP contribution in [0.3, 0.4) is 0 Å². The molecule has 0 rings (SSSR count). The van der Waals surface area contributed by atoms with Crippen molar-refractivity contribution in [1.82, 2.24) is 0 Å². The van der Waals surface area contributed by atoms with Crippen LogP contribution in [0, 0.1) is 0 Å². The molecule has 31 heavy (non-hydrogen) atoms. The first-order valence-corrected chi connectivity index (χ1v) is 13.3. The predicted octanol–water partition coefficient (Wildman–Crippen LogP) is 8.54. The van der Waals surface area contributed by atoms with Crippen molar-refractivity contribution in [2.75, 3.05) is 27.1 Å². The van der Waals surface area contributed by atoms with E-state index in [2.05, 4.69) is 19.9 Å². The maximum atomic E-state index is 6.11. The second kappa shape index (κ2) is 27.5. The first kappa shape index (κ1) is 30.4. The van der Waals surface area contributed by atoms with Crippen LogP contribution in [-0.2, 0) is 18.9 Å². The molecule has 0 saturated carbocycles. The Balaban J connectivity index is 3.85. The summed E-state index contributed by atoms with van der Waals surface area (Å²) in [5, 5.41) is 0. The van der Waals surface area contributed by atoms with Crippen molar-refractivity contribution in [2.24, 2.45) is 0 Å². The lowest BCUT2D eigenvalue weighted by Crippen LogP contribution is -2.19. The second-order valence-electron chi connectivity index (χ2n) is 8.64. The summed E-state index contributed by atoms with van der Waals surface area (Å²) in [6.45, 7) is 6.56. The first-order chi connectivity index (χ1) is 15.3. The standard InChI is InChI=1S/C27H54O4/c1-4-6-8-10-16-20-24-30-27(31-25-21-17-11-9-7-5-2)22-18-14-12-13-15-19-23-29-26-28-3/h19,23,27H,4-18,20-22,24-26H2,1-3H3. The summed E-state index contributed by atoms with van der Waals surface area (Å²) in [5.41, 5.74) is 0. The topological polar surface area (TPSA) is 36.9 Å². The molecule has 0 saturated heterocycles. The van der Waals surface area contributed by atoms with Gasteiger partial charge in [0.05, 0.1) is 6.26 Å². The van der Waals surface area contributed by atoms with Gasteiger partial charge in [-0.2, -0.15) is 0 Å². The lowest BCUT2D eigenvalue weighted by atomic mass is 10.1. The average molecular weight is 443 g/mol. The van der Waals surface area contributed by atoms with E-state index in [-0.39, 0.29) is 6.29 Å². The van der Waals surface area contributed by atoms with Crippen LogP contribution in [0.25, 0.3) is 0 Å². The van der Waals surface area contributed by atoms with Gasteiger partial charge in [0.1, 0.15) is 0 Å². The lowest BCUT2D eigenvalue weighted by Gasteiger charge is -2.19. The van der Waals surface area contributed by atoms with Crippen molar-refractivity contribution in [1.29, 1.82) is 0 Å². The van der Waals surface area contributed by atoms with Gasteiger partial charge in [-0.05, 0) is 44.6 Å². The zero-order valence-electron chi connectivity index (χ0n) is 21.2. The van der Waals surface area contributed by atoms with Crippen LogP contribution < -0.4 is 0 Å². The summed E-state index contributed by atoms with van der Waals surface area (Å²) >= 11 is 0. The molecule has 0 N–H and O–H groups in total. The Morgan fingerprint density at radius 2 is 1.13 bits per heavy atom. The third-order valence-electron chi connectivity index (χ3n) is 5.54. The highest BCUT2D eigenvalue weighted by molar-refractivity contribution is 4.72. The molecular weight excluding hydrogens is 388 g/mol. The molecule has 0 spiro atoms. The minimum Gasteiger partial charge on any atom is -0.476 e. The van der Waals surface area contributed by atoms with Gasteiger partial charge in [0.2, 0.25) is 0 Å². The molecule has 0 amide bonds. The number of ether oxygens (including phenoxy) is 4. The molecular formula is C27H54O4. The van der Waals surface area contributed by atoms with E-state index < -0.39 is 0 Å². The third-order valence-corrected chi connectivity index (χ3v) is 5.54. The molecule has 0 heterocycles. The molecule has 0 aromatic heterocycles. The quantitative estimate of drug-likeness (QED) is 0.0764.